The van der Waals surface area contributed by atoms with Gasteiger partial charge in [0.15, 0.2) is 11.4 Å². The van der Waals surface area contributed by atoms with E-state index in [9.17, 15) is 130 Å². The number of benzene rings is 10. The summed E-state index contributed by atoms with van der Waals surface area (Å²) in [5.74, 6) is -4.27. The number of phenolic OH excluding ortho intramolecular Hbond substituents is 3. The van der Waals surface area contributed by atoms with Crippen LogP contribution in [-0.4, -0.2) is 123 Å². The number of carboxylic acids is 2. The first-order valence-corrected chi connectivity index (χ1v) is 42.7. The fourth-order valence-corrected chi connectivity index (χ4v) is 12.4. The predicted molar refractivity (Wildman–Crippen MR) is 400 cm³/mol. The van der Waals surface area contributed by atoms with Crippen LogP contribution in [0.4, 0.5) is 25.2 Å². The van der Waals surface area contributed by atoms with E-state index in [0.29, 0.717) is 27.8 Å². The molecule has 0 saturated heterocycles. The minimum Gasteiger partial charge on any atom is -0.750 e. The molecule has 1 atom stereocenters. The van der Waals surface area contributed by atoms with Crippen LogP contribution in [0.3, 0.4) is 0 Å². The van der Waals surface area contributed by atoms with Crippen LogP contribution in [0.15, 0.2) is 243 Å². The number of hydrogen-bond donors (Lipinski definition) is 4. The van der Waals surface area contributed by atoms with E-state index >= 15 is 0 Å². The summed E-state index contributed by atoms with van der Waals surface area (Å²) < 4.78 is 245. The normalized spacial score (nSPS) is 12.5. The molecule has 0 heterocycles. The van der Waals surface area contributed by atoms with Gasteiger partial charge in [0.1, 0.15) is 73.6 Å². The second kappa shape index (κ2) is 41.9. The first-order chi connectivity index (χ1) is 52.7. The fraction of sp³-hybridized carbons (Fsp3) is 0.169. The molecule has 4 N–H and O–H groups in total. The van der Waals surface area contributed by atoms with Gasteiger partial charge in [-0.3, -0.25) is 4.79 Å². The van der Waals surface area contributed by atoms with Crippen molar-refractivity contribution in [1.29, 1.82) is 0 Å². The molecule has 10 aromatic rings. The number of aliphatic carboxylic acids is 2. The van der Waals surface area contributed by atoms with Gasteiger partial charge in [0.2, 0.25) is 3.79 Å². The monoisotopic (exact) mass is 1820 g/mol. The summed E-state index contributed by atoms with van der Waals surface area (Å²) in [6.45, 7) is 11.8. The number of hydrogen-bond acceptors (Lipinski definition) is 29. The number of ether oxygens (including phenoxy) is 1. The van der Waals surface area contributed by atoms with E-state index in [1.165, 1.54) is 54.6 Å². The summed E-state index contributed by atoms with van der Waals surface area (Å²) in [7, 11) is -31.9. The predicted octanol–water partition coefficient (Wildman–Crippen LogP) is 11.2. The maximum Gasteiger partial charge on any atom is 0.230 e. The van der Waals surface area contributed by atoms with Crippen molar-refractivity contribution >= 4 is 144 Å². The third-order valence-corrected chi connectivity index (χ3v) is 19.3. The maximum absolute atomic E-state index is 12.2. The van der Waals surface area contributed by atoms with Crippen molar-refractivity contribution in [3.8, 4) is 23.0 Å². The Balaban J connectivity index is 0.000000455. The van der Waals surface area contributed by atoms with Crippen molar-refractivity contribution in [2.24, 2.45) is 0 Å². The third kappa shape index (κ3) is 36.2. The molecule has 45 heteroatoms. The molecule has 116 heavy (non-hydrogen) atoms. The van der Waals surface area contributed by atoms with Crippen LogP contribution in [0.25, 0.3) is 21.5 Å². The first kappa shape index (κ1) is 103. The quantitative estimate of drug-likeness (QED) is 0.0108. The minimum absolute atomic E-state index is 0.00919. The standard InChI is InChI=1S/C15H24O3S.C14H12O6S.C14H12O3.C10H8O4S.C10H8O3S.C6H6O4S.C2HCl3O2.F6P.H2O4S/c1-9(2)12-7-13(10(3)4)15(19(16,17)18)14(8-12)11(5)6;1-20-12-8-11(15)10(7-13(12)21(17,18)19)14(16)9-5-3-2-4-6-9;15-13(16)14(17,11-7-3-1-4-8-11)12-9-5-2-6-10-12;11-9-3-1-8-6-10(15(12,13)14)4-2-7(8)5-9;11-14(12,13)10-6-5-8-3-1-2-4-9(8)7-10;7-5-1-3-6(4-2-5)11(8,9)10;3-2(4,5)1(6)7;1-7(2,3,4,5)6;1-4-5(2)3/h7-11H,1-6H3,(H,16,17,18);2-8,15H,1H3,(H,17,18,19);1-10,17H,(H,15,16);1-6,11H,(H,12,13,14);1-7H,(H,11,12,13);1-4,7H,(H,8,9,10);(H,6,7);;1H,(H,2,3)/q;;;;;;;-1;/p-9. The molecule has 0 aromatic heterocycles. The molecule has 0 aliphatic rings. The smallest absolute Gasteiger partial charge is 0.230 e. The second-order valence-electron chi connectivity index (χ2n) is 23.9. The summed E-state index contributed by atoms with van der Waals surface area (Å²) in [5.41, 5.74) is 0.804. The number of methoxy groups -OCH3 is 1. The Morgan fingerprint density at radius 3 is 1.13 bits per heavy atom. The van der Waals surface area contributed by atoms with E-state index in [-0.39, 0.29) is 70.9 Å². The Bertz CT molecular complexity index is 5600. The van der Waals surface area contributed by atoms with Crippen LogP contribution in [0.1, 0.15) is 103 Å². The number of halogens is 9. The van der Waals surface area contributed by atoms with Gasteiger partial charge in [-0.25, -0.2) is 46.3 Å². The first-order valence-electron chi connectivity index (χ1n) is 31.5. The molecule has 0 amide bonds. The topological polar surface area (TPSA) is 546 Å². The average molecular weight is 1820 g/mol. The average Bonchev–Trinajstić information content (AvgIpc) is 0.780. The summed E-state index contributed by atoms with van der Waals surface area (Å²) >= 11 is 11.3. The molecule has 0 radical (unpaired) electrons. The van der Waals surface area contributed by atoms with Gasteiger partial charge < -0.3 is 81.9 Å². The summed E-state index contributed by atoms with van der Waals surface area (Å²) in [5, 5.41) is 70.4. The fourth-order valence-electron chi connectivity index (χ4n) is 9.07. The van der Waals surface area contributed by atoms with Crippen LogP contribution in [0.5, 0.6) is 23.0 Å². The zero-order valence-corrected chi connectivity index (χ0v) is 68.4. The van der Waals surface area contributed by atoms with Gasteiger partial charge in [-0.1, -0.05) is 222 Å². The van der Waals surface area contributed by atoms with Gasteiger partial charge in [0, 0.05) is 11.6 Å². The number of aliphatic hydroxyl groups is 1. The van der Waals surface area contributed by atoms with Crippen molar-refractivity contribution < 1.29 is 158 Å². The van der Waals surface area contributed by atoms with E-state index in [2.05, 4.69) is 18.2 Å². The third-order valence-electron chi connectivity index (χ3n) is 14.3. The van der Waals surface area contributed by atoms with Crippen LogP contribution in [0, 0.1) is 0 Å². The minimum atomic E-state index is -10.7. The van der Waals surface area contributed by atoms with Crippen molar-refractivity contribution in [3.05, 3.63) is 257 Å². The molecule has 0 saturated carbocycles. The molecule has 10 rings (SSSR count). The molecule has 0 bridgehead atoms. The summed E-state index contributed by atoms with van der Waals surface area (Å²) in [4.78, 5) is 31.5. The van der Waals surface area contributed by atoms with E-state index in [1.807, 2.05) is 52.0 Å². The summed E-state index contributed by atoms with van der Waals surface area (Å²) in [6.07, 6.45) is 0. The van der Waals surface area contributed by atoms with E-state index in [0.717, 1.165) is 59.8 Å². The molecular weight excluding hydrogens is 1760 g/mol. The van der Waals surface area contributed by atoms with Crippen molar-refractivity contribution in [1.82, 2.24) is 0 Å². The number of carbonyl (C=O) groups excluding carboxylic acids is 3. The second-order valence-corrected chi connectivity index (χ2v) is 35.5. The van der Waals surface area contributed by atoms with Crippen molar-refractivity contribution in [3.63, 3.8) is 0 Å². The number of rotatable bonds is 15. The van der Waals surface area contributed by atoms with Gasteiger partial charge in [-0.15, -0.1) is 0 Å². The van der Waals surface area contributed by atoms with Crippen LogP contribution in [-0.2, 0) is 81.5 Å². The largest absolute Gasteiger partial charge is 0.750 e. The number of alkyl halides is 3. The molecule has 29 nitrogen and oxygen atoms in total. The Morgan fingerprint density at radius 1 is 0.457 bits per heavy atom. The molecule has 10 aromatic carbocycles. The number of aromatic hydroxyl groups is 3. The van der Waals surface area contributed by atoms with E-state index < -0.39 is 108 Å². The molecule has 636 valence electrons. The van der Waals surface area contributed by atoms with Crippen molar-refractivity contribution in [2.75, 3.05) is 7.11 Å². The van der Waals surface area contributed by atoms with Gasteiger partial charge in [0.25, 0.3) is 0 Å². The van der Waals surface area contributed by atoms with Crippen LogP contribution < -0.4 is 20.2 Å². The number of carbonyl (C=O) groups is 3. The van der Waals surface area contributed by atoms with Crippen LogP contribution >= 0.6 is 42.6 Å². The number of carboxylic acid groups (broad SMARTS) is 2. The molecule has 0 fully saturated rings. The van der Waals surface area contributed by atoms with E-state index in [4.69, 9.17) is 58.7 Å². The molecule has 0 aliphatic heterocycles. The Kier molecular flexibility index (Phi) is 37.2. The number of fused-ring (bicyclic) bond motifs is 2. The van der Waals surface area contributed by atoms with Crippen molar-refractivity contribution in [2.45, 2.75) is 93.2 Å². The zero-order chi connectivity index (χ0) is 89.4. The molecule has 1 unspecified atom stereocenters. The molecule has 0 aliphatic carbocycles. The van der Waals surface area contributed by atoms with Crippen LogP contribution in [0.2, 0.25) is 0 Å². The molecule has 0 spiro atoms. The van der Waals surface area contributed by atoms with Gasteiger partial charge >= 0.3 is 33.0 Å². The SMILES string of the molecule is CC(C)c1cc(C(C)C)c(S(=O)(=O)[O-])c(C(C)C)c1.COc1cc(O)c(C(=O)c2ccccc2)cc1S(=O)(=O)[O-].F[P-](F)(F)(F)(F)F.O=C([O-])C(Cl)(Cl)Cl.O=C([O-])C(O)(c1ccccc1)c1ccccc1.O=S(=O)([O-])c1ccc(O)cc1.O=S(=O)([O-])c1ccc2cc(O)ccc2c1.O=S(=O)([O-])c1ccc2ccccc2c1.O=S([O-])O[O-]. The Morgan fingerprint density at radius 2 is 0.793 bits per heavy atom. The molecular formula is C71H64Cl3F6O29PS6-10. The zero-order valence-electron chi connectivity index (χ0n) is 60.3. The van der Waals surface area contributed by atoms with Gasteiger partial charge in [0.05, 0.1) is 60.5 Å². The number of phenols is 3. The van der Waals surface area contributed by atoms with Gasteiger partial charge in [-0.2, -0.15) is 0 Å². The van der Waals surface area contributed by atoms with Gasteiger partial charge in [-0.05, 0) is 134 Å². The number of ketones is 1. The maximum atomic E-state index is 12.2. The van der Waals surface area contributed by atoms with E-state index in [1.54, 1.807) is 103 Å². The summed E-state index contributed by atoms with van der Waals surface area (Å²) in [6, 6.07) is 54.4. The Labute approximate surface area is 678 Å². The Hall–Kier alpha value is -9.05.